The number of benzene rings is 1. The zero-order valence-corrected chi connectivity index (χ0v) is 13.7. The molecule has 0 fully saturated rings. The van der Waals surface area contributed by atoms with Crippen molar-refractivity contribution in [3.05, 3.63) is 58.6 Å². The average Bonchev–Trinajstić information content (AvgIpc) is 2.53. The molecule has 0 radical (unpaired) electrons. The molecule has 0 N–H and O–H groups in total. The monoisotopic (exact) mass is 323 g/mol. The molecule has 24 heavy (non-hydrogen) atoms. The molecule has 0 aliphatic carbocycles. The number of nitriles is 1. The lowest BCUT2D eigenvalue weighted by Crippen LogP contribution is -2.40. The first-order valence-electron chi connectivity index (χ1n) is 7.64. The van der Waals surface area contributed by atoms with Crippen LogP contribution in [0.4, 0.5) is 0 Å². The first-order chi connectivity index (χ1) is 11.4. The predicted molar refractivity (Wildman–Crippen MR) is 88.1 cm³/mol. The van der Waals surface area contributed by atoms with Crippen molar-refractivity contribution in [2.75, 3.05) is 6.61 Å². The number of rotatable bonds is 3. The van der Waals surface area contributed by atoms with Crippen molar-refractivity contribution in [2.45, 2.75) is 26.5 Å². The van der Waals surface area contributed by atoms with Crippen molar-refractivity contribution in [2.24, 2.45) is 4.99 Å². The normalized spacial score (nSPS) is 14.8. The van der Waals surface area contributed by atoms with Gasteiger partial charge >= 0.3 is 0 Å². The molecular weight excluding hydrogens is 306 g/mol. The van der Waals surface area contributed by atoms with Crippen LogP contribution in [0.2, 0.25) is 0 Å². The summed E-state index contributed by atoms with van der Waals surface area (Å²) in [7, 11) is 0. The Morgan fingerprint density at radius 1 is 1.38 bits per heavy atom. The van der Waals surface area contributed by atoms with Gasteiger partial charge in [0.1, 0.15) is 11.5 Å². The highest BCUT2D eigenvalue weighted by Crippen LogP contribution is 2.34. The highest BCUT2D eigenvalue weighted by Gasteiger charge is 2.34. The molecule has 0 atom stereocenters. The van der Waals surface area contributed by atoms with Crippen molar-refractivity contribution in [3.63, 3.8) is 0 Å². The predicted octanol–water partition coefficient (Wildman–Crippen LogP) is 2.56. The van der Waals surface area contributed by atoms with Gasteiger partial charge in [0.15, 0.2) is 17.7 Å². The number of ether oxygens (including phenoxy) is 2. The number of pyridine rings is 1. The molecule has 0 saturated carbocycles. The van der Waals surface area contributed by atoms with Gasteiger partial charge in [-0.3, -0.25) is 0 Å². The second kappa shape index (κ2) is 5.85. The molecule has 0 saturated heterocycles. The maximum absolute atomic E-state index is 12.4. The maximum atomic E-state index is 12.4. The number of aromatic nitrogens is 1. The quantitative estimate of drug-likeness (QED) is 0.642. The lowest BCUT2D eigenvalue weighted by molar-refractivity contribution is -0.607. The third-order valence-electron chi connectivity index (χ3n) is 3.55. The zero-order chi connectivity index (χ0) is 17.3. The van der Waals surface area contributed by atoms with E-state index in [-0.39, 0.29) is 0 Å². The molecule has 0 amide bonds. The molecule has 0 bridgehead atoms. The summed E-state index contributed by atoms with van der Waals surface area (Å²) in [6.45, 7) is 5.90. The highest BCUT2D eigenvalue weighted by atomic mass is 16.5. The van der Waals surface area contributed by atoms with Gasteiger partial charge in [-0.25, -0.2) is 4.99 Å². The fraction of sp³-hybridized carbons (Fsp3) is 0.278. The Morgan fingerprint density at radius 3 is 2.88 bits per heavy atom. The maximum Gasteiger partial charge on any atom is 0.285 e. The molecule has 3 rings (SSSR count). The second-order valence-corrected chi connectivity index (χ2v) is 5.81. The van der Waals surface area contributed by atoms with Crippen LogP contribution >= 0.6 is 0 Å². The van der Waals surface area contributed by atoms with Gasteiger partial charge in [-0.2, -0.15) is 9.99 Å². The van der Waals surface area contributed by atoms with Crippen molar-refractivity contribution in [1.82, 2.24) is 0 Å². The molecule has 2 aromatic rings. The lowest BCUT2D eigenvalue weighted by Gasteiger charge is -2.29. The van der Waals surface area contributed by atoms with E-state index >= 15 is 0 Å². The number of hydrogen-bond donors (Lipinski definition) is 0. The van der Waals surface area contributed by atoms with Crippen LogP contribution in [0.3, 0.4) is 0 Å². The van der Waals surface area contributed by atoms with E-state index in [2.05, 4.69) is 11.1 Å². The summed E-state index contributed by atoms with van der Waals surface area (Å²) in [5.41, 5.74) is 1.01. The first kappa shape index (κ1) is 15.8. The number of aliphatic imine (C=N–C) groups is 1. The van der Waals surface area contributed by atoms with Gasteiger partial charge in [0.05, 0.1) is 23.8 Å². The largest absolute Gasteiger partial charge is 0.618 e. The van der Waals surface area contributed by atoms with E-state index < -0.39 is 5.72 Å². The van der Waals surface area contributed by atoms with Crippen LogP contribution in [-0.4, -0.2) is 18.0 Å². The molecule has 1 aliphatic heterocycles. The summed E-state index contributed by atoms with van der Waals surface area (Å²) in [5.74, 6) is 1.02. The molecule has 0 unspecified atom stereocenters. The third kappa shape index (κ3) is 2.76. The topological polar surface area (TPSA) is 81.6 Å². The minimum Gasteiger partial charge on any atom is -0.618 e. The van der Waals surface area contributed by atoms with Crippen LogP contribution in [0, 0.1) is 16.5 Å². The van der Waals surface area contributed by atoms with E-state index in [0.29, 0.717) is 40.6 Å². The molecule has 6 heteroatoms. The fourth-order valence-electron chi connectivity index (χ4n) is 2.64. The van der Waals surface area contributed by atoms with Crippen LogP contribution in [0.25, 0.3) is 0 Å². The minimum absolute atomic E-state index is 0.312. The molecular formula is C18H17N3O3. The molecule has 0 spiro atoms. The van der Waals surface area contributed by atoms with Gasteiger partial charge < -0.3 is 14.7 Å². The highest BCUT2D eigenvalue weighted by molar-refractivity contribution is 6.14. The Hall–Kier alpha value is -3.07. The van der Waals surface area contributed by atoms with Gasteiger partial charge in [-0.15, -0.1) is 0 Å². The molecule has 1 aromatic carbocycles. The molecule has 1 aromatic heterocycles. The minimum atomic E-state index is -0.831. The lowest BCUT2D eigenvalue weighted by atomic mass is 10.00. The SMILES string of the molecule is CCOc1ccc[n+]([O-])c1C1=NC(C)(C)Oc2ccc(C#N)cc21. The van der Waals surface area contributed by atoms with Gasteiger partial charge in [-0.1, -0.05) is 0 Å². The molecule has 2 heterocycles. The van der Waals surface area contributed by atoms with Crippen LogP contribution in [0.15, 0.2) is 41.5 Å². The summed E-state index contributed by atoms with van der Waals surface area (Å²) in [5, 5.41) is 21.6. The Balaban J connectivity index is 2.28. The first-order valence-corrected chi connectivity index (χ1v) is 7.64. The number of fused-ring (bicyclic) bond motifs is 1. The van der Waals surface area contributed by atoms with E-state index in [1.807, 2.05) is 20.8 Å². The van der Waals surface area contributed by atoms with E-state index in [1.165, 1.54) is 6.20 Å². The summed E-state index contributed by atoms with van der Waals surface area (Å²) in [4.78, 5) is 4.59. The van der Waals surface area contributed by atoms with E-state index in [4.69, 9.17) is 14.7 Å². The standard InChI is InChI=1S/C18H17N3O3/c1-4-23-15-6-5-9-21(22)17(15)16-13-10-12(11-19)7-8-14(13)24-18(2,3)20-16/h5-10H,4H2,1-3H3. The molecule has 6 nitrogen and oxygen atoms in total. The number of hydrogen-bond acceptors (Lipinski definition) is 5. The molecule has 1 aliphatic rings. The average molecular weight is 323 g/mol. The van der Waals surface area contributed by atoms with Gasteiger partial charge in [0, 0.05) is 6.07 Å². The molecule has 122 valence electrons. The van der Waals surface area contributed by atoms with Crippen LogP contribution < -0.4 is 14.2 Å². The smallest absolute Gasteiger partial charge is 0.285 e. The third-order valence-corrected chi connectivity index (χ3v) is 3.55. The van der Waals surface area contributed by atoms with Gasteiger partial charge in [0.25, 0.3) is 5.69 Å². The summed E-state index contributed by atoms with van der Waals surface area (Å²) < 4.78 is 12.2. The van der Waals surface area contributed by atoms with Crippen molar-refractivity contribution in [1.29, 1.82) is 5.26 Å². The van der Waals surface area contributed by atoms with Gasteiger partial charge in [-0.05, 0) is 45.0 Å². The Morgan fingerprint density at radius 2 is 2.17 bits per heavy atom. The van der Waals surface area contributed by atoms with Crippen LogP contribution in [0.1, 0.15) is 37.6 Å². The Bertz CT molecular complexity index is 866. The van der Waals surface area contributed by atoms with Crippen molar-refractivity contribution >= 4 is 5.71 Å². The van der Waals surface area contributed by atoms with Crippen molar-refractivity contribution in [3.8, 4) is 17.6 Å². The summed E-state index contributed by atoms with van der Waals surface area (Å²) in [6, 6.07) is 10.5. The van der Waals surface area contributed by atoms with E-state index in [0.717, 1.165) is 4.73 Å². The van der Waals surface area contributed by atoms with E-state index in [9.17, 15) is 5.21 Å². The Kier molecular flexibility index (Phi) is 3.86. The van der Waals surface area contributed by atoms with Crippen LogP contribution in [0.5, 0.6) is 11.5 Å². The fourth-order valence-corrected chi connectivity index (χ4v) is 2.64. The zero-order valence-electron chi connectivity index (χ0n) is 13.7. The van der Waals surface area contributed by atoms with Crippen molar-refractivity contribution < 1.29 is 14.2 Å². The number of nitrogens with zero attached hydrogens (tertiary/aromatic N) is 3. The summed E-state index contributed by atoms with van der Waals surface area (Å²) in [6.07, 6.45) is 1.40. The second-order valence-electron chi connectivity index (χ2n) is 5.81. The summed E-state index contributed by atoms with van der Waals surface area (Å²) >= 11 is 0. The van der Waals surface area contributed by atoms with E-state index in [1.54, 1.807) is 30.3 Å². The van der Waals surface area contributed by atoms with Gasteiger partial charge in [0.2, 0.25) is 0 Å². The Labute approximate surface area is 140 Å². The van der Waals surface area contributed by atoms with Crippen LogP contribution in [-0.2, 0) is 0 Å².